The maximum atomic E-state index is 12.1. The molecule has 0 bridgehead atoms. The number of hydrogen-bond acceptors (Lipinski definition) is 6. The number of nitrogens with one attached hydrogen (secondary N) is 2. The predicted molar refractivity (Wildman–Crippen MR) is 89.7 cm³/mol. The molecule has 0 atom stereocenters. The van der Waals surface area contributed by atoms with Crippen molar-refractivity contribution in [1.29, 1.82) is 0 Å². The third-order valence-electron chi connectivity index (χ3n) is 3.47. The second-order valence-electron chi connectivity index (χ2n) is 5.11. The van der Waals surface area contributed by atoms with E-state index in [2.05, 4.69) is 25.4 Å². The zero-order chi connectivity index (χ0) is 16.4. The van der Waals surface area contributed by atoms with E-state index in [1.54, 1.807) is 17.5 Å². The van der Waals surface area contributed by atoms with Crippen molar-refractivity contribution in [2.75, 3.05) is 6.54 Å². The molecule has 7 nitrogen and oxygen atoms in total. The minimum absolute atomic E-state index is 0.150. The number of aromatic nitrogens is 4. The number of rotatable bonds is 5. The Balaban J connectivity index is 1.35. The Morgan fingerprint density at radius 3 is 3.12 bits per heavy atom. The van der Waals surface area contributed by atoms with Gasteiger partial charge in [-0.05, 0) is 29.6 Å². The lowest BCUT2D eigenvalue weighted by atomic mass is 10.3. The molecule has 0 spiro atoms. The monoisotopic (exact) mass is 339 g/mol. The molecule has 120 valence electrons. The first-order valence-electron chi connectivity index (χ1n) is 7.38. The third-order valence-corrected chi connectivity index (χ3v) is 4.33. The molecule has 4 rings (SSSR count). The fourth-order valence-electron chi connectivity index (χ4n) is 2.30. The van der Waals surface area contributed by atoms with Crippen LogP contribution in [0, 0.1) is 0 Å². The van der Waals surface area contributed by atoms with Crippen LogP contribution >= 0.6 is 11.3 Å². The fourth-order valence-corrected chi connectivity index (χ4v) is 3.09. The summed E-state index contributed by atoms with van der Waals surface area (Å²) < 4.78 is 6.25. The van der Waals surface area contributed by atoms with Gasteiger partial charge in [0.1, 0.15) is 11.4 Å². The van der Waals surface area contributed by atoms with Crippen LogP contribution in [0.15, 0.2) is 46.4 Å². The molecule has 0 aliphatic heterocycles. The summed E-state index contributed by atoms with van der Waals surface area (Å²) in [5, 5.41) is 8.72. The molecule has 0 saturated heterocycles. The van der Waals surface area contributed by atoms with Crippen LogP contribution in [-0.4, -0.2) is 32.6 Å². The first kappa shape index (κ1) is 14.6. The maximum absolute atomic E-state index is 12.1. The van der Waals surface area contributed by atoms with Crippen LogP contribution in [0.5, 0.6) is 0 Å². The number of hydrogen-bond donors (Lipinski definition) is 2. The zero-order valence-corrected chi connectivity index (χ0v) is 13.3. The van der Waals surface area contributed by atoms with E-state index in [4.69, 9.17) is 4.52 Å². The molecular formula is C16H13N5O2S. The molecule has 0 aromatic carbocycles. The molecule has 0 radical (unpaired) electrons. The minimum atomic E-state index is -0.150. The van der Waals surface area contributed by atoms with Crippen molar-refractivity contribution < 1.29 is 9.32 Å². The molecule has 8 heteroatoms. The second kappa shape index (κ2) is 6.25. The van der Waals surface area contributed by atoms with Crippen molar-refractivity contribution in [2.45, 2.75) is 6.42 Å². The van der Waals surface area contributed by atoms with Gasteiger partial charge in [-0.25, -0.2) is 0 Å². The number of amides is 1. The molecule has 1 amide bonds. The molecule has 24 heavy (non-hydrogen) atoms. The summed E-state index contributed by atoms with van der Waals surface area (Å²) in [7, 11) is 0. The van der Waals surface area contributed by atoms with Gasteiger partial charge in [-0.3, -0.25) is 9.78 Å². The second-order valence-corrected chi connectivity index (χ2v) is 6.06. The van der Waals surface area contributed by atoms with E-state index < -0.39 is 0 Å². The van der Waals surface area contributed by atoms with Crippen molar-refractivity contribution in [1.82, 2.24) is 25.4 Å². The molecule has 0 unspecified atom stereocenters. The highest BCUT2D eigenvalue weighted by Crippen LogP contribution is 2.21. The number of nitrogens with zero attached hydrogens (tertiary/aromatic N) is 3. The topological polar surface area (TPSA) is 96.7 Å². The van der Waals surface area contributed by atoms with Crippen LogP contribution in [0.1, 0.15) is 16.4 Å². The highest BCUT2D eigenvalue weighted by atomic mass is 32.1. The fraction of sp³-hybridized carbons (Fsp3) is 0.125. The lowest BCUT2D eigenvalue weighted by Crippen LogP contribution is -2.26. The van der Waals surface area contributed by atoms with E-state index in [0.717, 1.165) is 10.2 Å². The molecule has 4 aromatic heterocycles. The highest BCUT2D eigenvalue weighted by Gasteiger charge is 2.12. The zero-order valence-electron chi connectivity index (χ0n) is 12.5. The van der Waals surface area contributed by atoms with Gasteiger partial charge in [-0.15, -0.1) is 11.3 Å². The summed E-state index contributed by atoms with van der Waals surface area (Å²) in [4.78, 5) is 23.7. The van der Waals surface area contributed by atoms with Crippen LogP contribution < -0.4 is 5.32 Å². The molecule has 2 N–H and O–H groups in total. The van der Waals surface area contributed by atoms with Crippen molar-refractivity contribution in [3.05, 3.63) is 53.5 Å². The van der Waals surface area contributed by atoms with E-state index in [1.807, 2.05) is 35.7 Å². The van der Waals surface area contributed by atoms with Gasteiger partial charge in [-0.1, -0.05) is 11.2 Å². The number of H-pyrrole nitrogens is 1. The van der Waals surface area contributed by atoms with Crippen LogP contribution in [0.3, 0.4) is 0 Å². The van der Waals surface area contributed by atoms with Gasteiger partial charge in [0.25, 0.3) is 5.91 Å². The standard InChI is InChI=1S/C16H13N5O2S/c22-16(12-9-13-10(19-12)5-8-24-13)18-7-4-14-20-15(21-23-14)11-3-1-2-6-17-11/h1-3,5-6,8-9,19H,4,7H2,(H,18,22). The van der Waals surface area contributed by atoms with Crippen LogP contribution in [0.4, 0.5) is 0 Å². The Morgan fingerprint density at radius 2 is 2.29 bits per heavy atom. The van der Waals surface area contributed by atoms with E-state index in [-0.39, 0.29) is 5.91 Å². The smallest absolute Gasteiger partial charge is 0.267 e. The molecule has 0 aliphatic carbocycles. The van der Waals surface area contributed by atoms with Crippen molar-refractivity contribution >= 4 is 27.5 Å². The quantitative estimate of drug-likeness (QED) is 0.582. The summed E-state index contributed by atoms with van der Waals surface area (Å²) in [5.74, 6) is 0.757. The van der Waals surface area contributed by atoms with Crippen LogP contribution in [0.2, 0.25) is 0 Å². The third kappa shape index (κ3) is 2.91. The summed E-state index contributed by atoms with van der Waals surface area (Å²) in [6.07, 6.45) is 2.13. The Labute approximate surface area is 140 Å². The summed E-state index contributed by atoms with van der Waals surface area (Å²) in [5.41, 5.74) is 2.18. The van der Waals surface area contributed by atoms with E-state index in [1.165, 1.54) is 0 Å². The molecule has 0 aliphatic rings. The van der Waals surface area contributed by atoms with Crippen molar-refractivity contribution in [2.24, 2.45) is 0 Å². The average molecular weight is 339 g/mol. The Bertz CT molecular complexity index is 944. The van der Waals surface area contributed by atoms with Crippen molar-refractivity contribution in [3.8, 4) is 11.5 Å². The first-order valence-corrected chi connectivity index (χ1v) is 8.26. The number of thiophene rings is 1. The van der Waals surface area contributed by atoms with Gasteiger partial charge in [0.2, 0.25) is 11.7 Å². The highest BCUT2D eigenvalue weighted by molar-refractivity contribution is 7.17. The van der Waals surface area contributed by atoms with Gasteiger partial charge in [-0.2, -0.15) is 4.98 Å². The van der Waals surface area contributed by atoms with E-state index >= 15 is 0 Å². The van der Waals surface area contributed by atoms with Gasteiger partial charge in [0.05, 0.1) is 10.2 Å². The van der Waals surface area contributed by atoms with Crippen LogP contribution in [-0.2, 0) is 6.42 Å². The number of pyridine rings is 1. The number of fused-ring (bicyclic) bond motifs is 1. The van der Waals surface area contributed by atoms with Gasteiger partial charge >= 0.3 is 0 Å². The Morgan fingerprint density at radius 1 is 1.33 bits per heavy atom. The molecular weight excluding hydrogens is 326 g/mol. The minimum Gasteiger partial charge on any atom is -0.350 e. The number of carbonyl (C=O) groups is 1. The van der Waals surface area contributed by atoms with Gasteiger partial charge in [0, 0.05) is 19.2 Å². The van der Waals surface area contributed by atoms with E-state index in [0.29, 0.717) is 36.1 Å². The van der Waals surface area contributed by atoms with Gasteiger partial charge in [0.15, 0.2) is 0 Å². The Kier molecular flexibility index (Phi) is 3.80. The average Bonchev–Trinajstić information content (AvgIpc) is 3.31. The predicted octanol–water partition coefficient (Wildman–Crippen LogP) is 2.65. The lowest BCUT2D eigenvalue weighted by Gasteiger charge is -2.00. The molecule has 4 aromatic rings. The number of aromatic amines is 1. The normalized spacial score (nSPS) is 11.0. The van der Waals surface area contributed by atoms with E-state index in [9.17, 15) is 4.79 Å². The summed E-state index contributed by atoms with van der Waals surface area (Å²) in [6.45, 7) is 0.412. The summed E-state index contributed by atoms with van der Waals surface area (Å²) in [6, 6.07) is 9.30. The van der Waals surface area contributed by atoms with Crippen molar-refractivity contribution in [3.63, 3.8) is 0 Å². The van der Waals surface area contributed by atoms with Crippen LogP contribution in [0.25, 0.3) is 21.7 Å². The first-order chi connectivity index (χ1) is 11.8. The summed E-state index contributed by atoms with van der Waals surface area (Å²) >= 11 is 1.60. The molecule has 0 fully saturated rings. The number of carbonyl (C=O) groups excluding carboxylic acids is 1. The molecule has 4 heterocycles. The maximum Gasteiger partial charge on any atom is 0.267 e. The lowest BCUT2D eigenvalue weighted by molar-refractivity contribution is 0.0949. The molecule has 0 saturated carbocycles. The van der Waals surface area contributed by atoms with Gasteiger partial charge < -0.3 is 14.8 Å². The SMILES string of the molecule is O=C(NCCc1nc(-c2ccccn2)no1)c1cc2sccc2[nH]1. The Hall–Kier alpha value is -3.00. The largest absolute Gasteiger partial charge is 0.350 e.